The summed E-state index contributed by atoms with van der Waals surface area (Å²) in [6.07, 6.45) is 17.2. The summed E-state index contributed by atoms with van der Waals surface area (Å²) in [5.41, 5.74) is 3.06. The molecular formula is C23H40N2. The molecule has 2 unspecified atom stereocenters. The van der Waals surface area contributed by atoms with E-state index in [0.29, 0.717) is 5.92 Å². The molecule has 25 heavy (non-hydrogen) atoms. The Balaban J connectivity index is 2.06. The second-order valence-electron chi connectivity index (χ2n) is 8.51. The van der Waals surface area contributed by atoms with E-state index in [9.17, 15) is 0 Å². The van der Waals surface area contributed by atoms with Crippen LogP contribution in [0.5, 0.6) is 0 Å². The van der Waals surface area contributed by atoms with Crippen molar-refractivity contribution in [3.8, 4) is 0 Å². The lowest BCUT2D eigenvalue weighted by molar-refractivity contribution is 0.125. The fourth-order valence-electron chi connectivity index (χ4n) is 4.29. The van der Waals surface area contributed by atoms with Gasteiger partial charge >= 0.3 is 0 Å². The molecule has 2 rings (SSSR count). The van der Waals surface area contributed by atoms with Crippen molar-refractivity contribution in [2.75, 3.05) is 33.7 Å². The van der Waals surface area contributed by atoms with Gasteiger partial charge in [0, 0.05) is 12.6 Å². The zero-order chi connectivity index (χ0) is 18.2. The number of nitrogens with zero attached hydrogens (tertiary/aromatic N) is 2. The molecule has 0 radical (unpaired) electrons. The van der Waals surface area contributed by atoms with Crippen LogP contribution < -0.4 is 0 Å². The van der Waals surface area contributed by atoms with Gasteiger partial charge in [-0.1, -0.05) is 63.0 Å². The molecule has 0 spiro atoms. The van der Waals surface area contributed by atoms with Crippen LogP contribution in [0.4, 0.5) is 0 Å². The quantitative estimate of drug-likeness (QED) is 0.590. The standard InChI is InChI=1S/C23H40N2/c1-6-7-11-20(3)23(21-12-9-8-10-19(2)17-21)18-25-15-13-22(14-16-25)24(4)5/h8-9,12,17,20,22-23H,6-7,10-11,13-16,18H2,1-5H3. The number of likely N-dealkylation sites (tertiary alicyclic amines) is 1. The second kappa shape index (κ2) is 10.3. The molecule has 0 aromatic rings. The first-order valence-electron chi connectivity index (χ1n) is 10.4. The summed E-state index contributed by atoms with van der Waals surface area (Å²) < 4.78 is 0. The number of allylic oxidation sites excluding steroid dienone is 5. The van der Waals surface area contributed by atoms with Gasteiger partial charge in [0.05, 0.1) is 0 Å². The van der Waals surface area contributed by atoms with Gasteiger partial charge in [-0.05, 0) is 70.8 Å². The van der Waals surface area contributed by atoms with E-state index in [1.165, 1.54) is 57.3 Å². The minimum absolute atomic E-state index is 0.667. The zero-order valence-corrected chi connectivity index (χ0v) is 17.3. The molecule has 1 fully saturated rings. The van der Waals surface area contributed by atoms with Crippen LogP contribution in [0, 0.1) is 11.8 Å². The van der Waals surface area contributed by atoms with E-state index in [4.69, 9.17) is 0 Å². The van der Waals surface area contributed by atoms with Crippen LogP contribution in [0.15, 0.2) is 35.5 Å². The van der Waals surface area contributed by atoms with Gasteiger partial charge in [-0.2, -0.15) is 0 Å². The summed E-state index contributed by atoms with van der Waals surface area (Å²) >= 11 is 0. The first-order valence-corrected chi connectivity index (χ1v) is 10.4. The lowest BCUT2D eigenvalue weighted by Gasteiger charge is -2.38. The Morgan fingerprint density at radius 3 is 2.60 bits per heavy atom. The highest BCUT2D eigenvalue weighted by molar-refractivity contribution is 5.33. The Bertz CT molecular complexity index is 478. The lowest BCUT2D eigenvalue weighted by Crippen LogP contribution is -2.44. The van der Waals surface area contributed by atoms with E-state index in [0.717, 1.165) is 18.4 Å². The molecule has 142 valence electrons. The smallest absolute Gasteiger partial charge is 0.0113 e. The van der Waals surface area contributed by atoms with Gasteiger partial charge in [0.25, 0.3) is 0 Å². The van der Waals surface area contributed by atoms with E-state index in [-0.39, 0.29) is 0 Å². The third-order valence-electron chi connectivity index (χ3n) is 6.15. The number of unbranched alkanes of at least 4 members (excludes halogenated alkanes) is 1. The number of hydrogen-bond acceptors (Lipinski definition) is 2. The van der Waals surface area contributed by atoms with E-state index >= 15 is 0 Å². The van der Waals surface area contributed by atoms with E-state index in [2.05, 4.69) is 69.0 Å². The van der Waals surface area contributed by atoms with Gasteiger partial charge in [0.15, 0.2) is 0 Å². The monoisotopic (exact) mass is 344 g/mol. The topological polar surface area (TPSA) is 6.48 Å². The third kappa shape index (κ3) is 6.42. The summed E-state index contributed by atoms with van der Waals surface area (Å²) in [5.74, 6) is 1.42. The first-order chi connectivity index (χ1) is 12.0. The Kier molecular flexibility index (Phi) is 8.45. The molecular weight excluding hydrogens is 304 g/mol. The normalized spacial score (nSPS) is 22.5. The van der Waals surface area contributed by atoms with Crippen LogP contribution in [0.3, 0.4) is 0 Å². The maximum atomic E-state index is 2.73. The predicted molar refractivity (Wildman–Crippen MR) is 111 cm³/mol. The summed E-state index contributed by atoms with van der Waals surface area (Å²) in [5, 5.41) is 0. The van der Waals surface area contributed by atoms with Crippen LogP contribution in [-0.4, -0.2) is 49.6 Å². The van der Waals surface area contributed by atoms with Crippen molar-refractivity contribution < 1.29 is 0 Å². The Morgan fingerprint density at radius 2 is 1.96 bits per heavy atom. The molecule has 0 aromatic carbocycles. The van der Waals surface area contributed by atoms with Gasteiger partial charge in [-0.3, -0.25) is 0 Å². The van der Waals surface area contributed by atoms with Crippen molar-refractivity contribution in [3.63, 3.8) is 0 Å². The highest BCUT2D eigenvalue weighted by atomic mass is 15.2. The zero-order valence-electron chi connectivity index (χ0n) is 17.3. The van der Waals surface area contributed by atoms with Gasteiger partial charge in [0.2, 0.25) is 0 Å². The summed E-state index contributed by atoms with van der Waals surface area (Å²) in [6.45, 7) is 10.8. The molecule has 1 aliphatic carbocycles. The third-order valence-corrected chi connectivity index (χ3v) is 6.15. The molecule has 2 atom stereocenters. The minimum Gasteiger partial charge on any atom is -0.306 e. The number of rotatable bonds is 8. The highest BCUT2D eigenvalue weighted by Crippen LogP contribution is 2.30. The Morgan fingerprint density at radius 1 is 1.24 bits per heavy atom. The summed E-state index contributed by atoms with van der Waals surface area (Å²) in [7, 11) is 4.46. The van der Waals surface area contributed by atoms with Crippen molar-refractivity contribution >= 4 is 0 Å². The van der Waals surface area contributed by atoms with E-state index in [1.807, 2.05) is 0 Å². The fraction of sp³-hybridized carbons (Fsp3) is 0.739. The maximum Gasteiger partial charge on any atom is 0.0113 e. The van der Waals surface area contributed by atoms with Gasteiger partial charge in [-0.15, -0.1) is 0 Å². The van der Waals surface area contributed by atoms with Crippen LogP contribution in [0.1, 0.15) is 59.3 Å². The molecule has 0 aromatic heterocycles. The summed E-state index contributed by atoms with van der Waals surface area (Å²) in [6, 6.07) is 0.773. The van der Waals surface area contributed by atoms with Gasteiger partial charge in [-0.25, -0.2) is 0 Å². The molecule has 1 aliphatic heterocycles. The maximum absolute atomic E-state index is 2.73. The lowest BCUT2D eigenvalue weighted by atomic mass is 9.82. The average molecular weight is 345 g/mol. The molecule has 2 aliphatic rings. The largest absolute Gasteiger partial charge is 0.306 e. The predicted octanol–water partition coefficient (Wildman–Crippen LogP) is 5.29. The van der Waals surface area contributed by atoms with Crippen LogP contribution in [0.25, 0.3) is 0 Å². The molecule has 0 amide bonds. The molecule has 1 heterocycles. The highest BCUT2D eigenvalue weighted by Gasteiger charge is 2.26. The average Bonchev–Trinajstić information content (AvgIpc) is 2.82. The first kappa shape index (κ1) is 20.5. The number of hydrogen-bond donors (Lipinski definition) is 0. The van der Waals surface area contributed by atoms with Crippen molar-refractivity contribution in [1.82, 2.24) is 9.80 Å². The number of piperidine rings is 1. The van der Waals surface area contributed by atoms with Crippen LogP contribution >= 0.6 is 0 Å². The molecule has 0 saturated carbocycles. The second-order valence-corrected chi connectivity index (χ2v) is 8.51. The molecule has 0 N–H and O–H groups in total. The van der Waals surface area contributed by atoms with Crippen molar-refractivity contribution in [3.05, 3.63) is 35.5 Å². The minimum atomic E-state index is 0.667. The van der Waals surface area contributed by atoms with Crippen LogP contribution in [-0.2, 0) is 0 Å². The molecule has 0 bridgehead atoms. The van der Waals surface area contributed by atoms with Crippen LogP contribution in [0.2, 0.25) is 0 Å². The van der Waals surface area contributed by atoms with Crippen molar-refractivity contribution in [2.24, 2.45) is 11.8 Å². The summed E-state index contributed by atoms with van der Waals surface area (Å²) in [4.78, 5) is 5.13. The van der Waals surface area contributed by atoms with Crippen molar-refractivity contribution in [2.45, 2.75) is 65.3 Å². The van der Waals surface area contributed by atoms with E-state index < -0.39 is 0 Å². The van der Waals surface area contributed by atoms with E-state index in [1.54, 1.807) is 5.57 Å². The SMILES string of the molecule is CCCCC(C)C(CN1CCC(N(C)C)CC1)C1=CC=CCC(C)=C1. The Hall–Kier alpha value is -0.860. The Labute approximate surface area is 156 Å². The molecule has 2 heteroatoms. The van der Waals surface area contributed by atoms with Gasteiger partial charge < -0.3 is 9.80 Å². The fourth-order valence-corrected chi connectivity index (χ4v) is 4.29. The van der Waals surface area contributed by atoms with Gasteiger partial charge in [0.1, 0.15) is 0 Å². The van der Waals surface area contributed by atoms with Crippen molar-refractivity contribution in [1.29, 1.82) is 0 Å². The molecule has 1 saturated heterocycles. The molecule has 2 nitrogen and oxygen atoms in total.